The van der Waals surface area contributed by atoms with Gasteiger partial charge in [-0.15, -0.1) is 11.3 Å². The molecule has 2 atom stereocenters. The third-order valence-electron chi connectivity index (χ3n) is 5.79. The molecule has 33 heavy (non-hydrogen) atoms. The molecule has 0 radical (unpaired) electrons. The number of methoxy groups -OCH3 is 1. The maximum atomic E-state index is 13.3. The van der Waals surface area contributed by atoms with Crippen LogP contribution in [-0.2, 0) is 18.2 Å². The number of hydrogen-bond donors (Lipinski definition) is 1. The van der Waals surface area contributed by atoms with E-state index < -0.39 is 0 Å². The van der Waals surface area contributed by atoms with Crippen molar-refractivity contribution in [1.82, 2.24) is 14.5 Å². The van der Waals surface area contributed by atoms with Crippen LogP contribution < -0.4 is 20.5 Å². The maximum absolute atomic E-state index is 13.3. The molecule has 1 aliphatic heterocycles. The van der Waals surface area contributed by atoms with Crippen LogP contribution in [0.1, 0.15) is 19.5 Å². The van der Waals surface area contributed by atoms with Crippen molar-refractivity contribution >= 4 is 33.9 Å². The molecule has 3 heterocycles. The van der Waals surface area contributed by atoms with Gasteiger partial charge in [-0.05, 0) is 31.5 Å². The summed E-state index contributed by atoms with van der Waals surface area (Å²) in [5.74, 6) is 1.33. The molecule has 1 fully saturated rings. The molecule has 2 aromatic heterocycles. The van der Waals surface area contributed by atoms with Gasteiger partial charge in [0.2, 0.25) is 0 Å². The molecule has 1 N–H and O–H groups in total. The molecule has 0 saturated carbocycles. The van der Waals surface area contributed by atoms with E-state index in [2.05, 4.69) is 15.2 Å². The molecule has 0 bridgehead atoms. The number of ether oxygens (including phenoxy) is 2. The number of hydrogen-bond acceptors (Lipinski definition) is 8. The van der Waals surface area contributed by atoms with Crippen molar-refractivity contribution in [3.63, 3.8) is 0 Å². The Labute approximate surface area is 202 Å². The number of anilines is 2. The molecular formula is C23H28ClN5O3S. The predicted molar refractivity (Wildman–Crippen MR) is 133 cm³/mol. The average molecular weight is 490 g/mol. The second kappa shape index (κ2) is 10.1. The Kier molecular flexibility index (Phi) is 7.21. The highest BCUT2D eigenvalue weighted by atomic mass is 35.5. The number of aryl methyl sites for hydroxylation is 1. The molecule has 1 saturated heterocycles. The van der Waals surface area contributed by atoms with Gasteiger partial charge in [0.1, 0.15) is 17.3 Å². The molecule has 4 rings (SSSR count). The van der Waals surface area contributed by atoms with Gasteiger partial charge in [-0.3, -0.25) is 9.36 Å². The van der Waals surface area contributed by atoms with Crippen molar-refractivity contribution in [3.05, 3.63) is 50.8 Å². The lowest BCUT2D eigenvalue weighted by atomic mass is 10.1. The van der Waals surface area contributed by atoms with Crippen LogP contribution in [0, 0.1) is 0 Å². The largest absolute Gasteiger partial charge is 0.497 e. The number of nitrogens with zero attached hydrogens (tertiary/aromatic N) is 4. The molecule has 0 spiro atoms. The summed E-state index contributed by atoms with van der Waals surface area (Å²) >= 11 is 8.06. The van der Waals surface area contributed by atoms with Crippen LogP contribution in [0.4, 0.5) is 10.9 Å². The van der Waals surface area contributed by atoms with Crippen molar-refractivity contribution in [1.29, 1.82) is 0 Å². The van der Waals surface area contributed by atoms with Gasteiger partial charge < -0.3 is 19.7 Å². The summed E-state index contributed by atoms with van der Waals surface area (Å²) in [6.45, 7) is 6.09. The zero-order valence-electron chi connectivity index (χ0n) is 19.2. The van der Waals surface area contributed by atoms with E-state index in [1.807, 2.05) is 25.4 Å². The number of aromatic nitrogens is 3. The SMILES string of the molecule is CCO[C@H]1CN(c2nccs2)C[C@H]1Nc1c(CC)nc(-c2ccc(OC)cc2Cl)c(=O)n1C. The van der Waals surface area contributed by atoms with Crippen LogP contribution in [0.5, 0.6) is 5.75 Å². The number of rotatable bonds is 8. The predicted octanol–water partition coefficient (Wildman–Crippen LogP) is 3.83. The lowest BCUT2D eigenvalue weighted by molar-refractivity contribution is 0.0719. The standard InChI is InChI=1S/C23H28ClN5O3S/c1-5-17-21(27-18-12-29(13-19(18)32-6-2)23-25-9-10-33-23)28(3)22(30)20(26-17)15-8-7-14(31-4)11-16(15)24/h7-11,18-19,27H,5-6,12-13H2,1-4H3/t18-,19+/m1/s1. The first-order valence-electron chi connectivity index (χ1n) is 10.9. The van der Waals surface area contributed by atoms with Gasteiger partial charge in [-0.2, -0.15) is 0 Å². The summed E-state index contributed by atoms with van der Waals surface area (Å²) in [7, 11) is 3.34. The Morgan fingerprint density at radius 2 is 2.12 bits per heavy atom. The van der Waals surface area contributed by atoms with E-state index in [9.17, 15) is 4.79 Å². The highest BCUT2D eigenvalue weighted by molar-refractivity contribution is 7.13. The summed E-state index contributed by atoms with van der Waals surface area (Å²) in [4.78, 5) is 24.7. The van der Waals surface area contributed by atoms with Gasteiger partial charge in [0.25, 0.3) is 5.56 Å². The fourth-order valence-electron chi connectivity index (χ4n) is 4.11. The summed E-state index contributed by atoms with van der Waals surface area (Å²) in [5, 5.41) is 6.93. The number of thiazole rings is 1. The van der Waals surface area contributed by atoms with E-state index >= 15 is 0 Å². The summed E-state index contributed by atoms with van der Waals surface area (Å²) in [5.41, 5.74) is 1.48. The molecule has 1 aliphatic rings. The monoisotopic (exact) mass is 489 g/mol. The summed E-state index contributed by atoms with van der Waals surface area (Å²) in [6, 6.07) is 5.22. The molecule has 10 heteroatoms. The third kappa shape index (κ3) is 4.71. The van der Waals surface area contributed by atoms with Crippen LogP contribution >= 0.6 is 22.9 Å². The first kappa shape index (κ1) is 23.5. The van der Waals surface area contributed by atoms with Crippen molar-refractivity contribution in [2.24, 2.45) is 7.05 Å². The maximum Gasteiger partial charge on any atom is 0.278 e. The smallest absolute Gasteiger partial charge is 0.278 e. The second-order valence-electron chi connectivity index (χ2n) is 7.78. The fraction of sp³-hybridized carbons (Fsp3) is 0.435. The van der Waals surface area contributed by atoms with Gasteiger partial charge >= 0.3 is 0 Å². The Hall–Kier alpha value is -2.62. The molecule has 0 aliphatic carbocycles. The molecule has 0 amide bonds. The second-order valence-corrected chi connectivity index (χ2v) is 9.06. The van der Waals surface area contributed by atoms with Gasteiger partial charge in [0, 0.05) is 43.9 Å². The van der Waals surface area contributed by atoms with E-state index in [-0.39, 0.29) is 17.7 Å². The van der Waals surface area contributed by atoms with E-state index in [1.54, 1.807) is 48.3 Å². The zero-order chi connectivity index (χ0) is 23.5. The molecule has 0 unspecified atom stereocenters. The van der Waals surface area contributed by atoms with Crippen LogP contribution in [-0.4, -0.2) is 53.5 Å². The van der Waals surface area contributed by atoms with Crippen molar-refractivity contribution in [2.45, 2.75) is 32.4 Å². The minimum atomic E-state index is -0.218. The lowest BCUT2D eigenvalue weighted by Gasteiger charge is -2.24. The van der Waals surface area contributed by atoms with Crippen molar-refractivity contribution in [2.75, 3.05) is 37.0 Å². The van der Waals surface area contributed by atoms with Crippen molar-refractivity contribution < 1.29 is 9.47 Å². The number of halogens is 1. The minimum Gasteiger partial charge on any atom is -0.497 e. The van der Waals surface area contributed by atoms with E-state index in [1.165, 1.54) is 0 Å². The minimum absolute atomic E-state index is 0.0121. The van der Waals surface area contributed by atoms with Gasteiger partial charge in [-0.25, -0.2) is 9.97 Å². The Balaban J connectivity index is 1.68. The number of benzene rings is 1. The third-order valence-corrected chi connectivity index (χ3v) is 6.93. The molecular weight excluding hydrogens is 462 g/mol. The van der Waals surface area contributed by atoms with E-state index in [4.69, 9.17) is 26.1 Å². The Morgan fingerprint density at radius 1 is 1.30 bits per heavy atom. The van der Waals surface area contributed by atoms with E-state index in [0.717, 1.165) is 23.9 Å². The van der Waals surface area contributed by atoms with Gasteiger partial charge in [-0.1, -0.05) is 18.5 Å². The van der Waals surface area contributed by atoms with Crippen LogP contribution in [0.15, 0.2) is 34.6 Å². The highest BCUT2D eigenvalue weighted by Gasteiger charge is 2.35. The zero-order valence-corrected chi connectivity index (χ0v) is 20.7. The molecule has 8 nitrogen and oxygen atoms in total. The van der Waals surface area contributed by atoms with Crippen molar-refractivity contribution in [3.8, 4) is 17.0 Å². The van der Waals surface area contributed by atoms with E-state index in [0.29, 0.717) is 40.9 Å². The fourth-order valence-corrected chi connectivity index (χ4v) is 5.03. The first-order valence-corrected chi connectivity index (χ1v) is 12.2. The first-order chi connectivity index (χ1) is 16.0. The van der Waals surface area contributed by atoms with Gasteiger partial charge in [0.05, 0.1) is 30.0 Å². The summed E-state index contributed by atoms with van der Waals surface area (Å²) in [6.07, 6.45) is 2.43. The molecule has 176 valence electrons. The van der Waals surface area contributed by atoms with Crippen LogP contribution in [0.3, 0.4) is 0 Å². The molecule has 3 aromatic rings. The Bertz CT molecular complexity index is 1170. The Morgan fingerprint density at radius 3 is 2.76 bits per heavy atom. The number of nitrogens with one attached hydrogen (secondary N) is 1. The summed E-state index contributed by atoms with van der Waals surface area (Å²) < 4.78 is 12.9. The van der Waals surface area contributed by atoms with Crippen LogP contribution in [0.25, 0.3) is 11.3 Å². The lowest BCUT2D eigenvalue weighted by Crippen LogP contribution is -2.37. The quantitative estimate of drug-likeness (QED) is 0.515. The normalized spacial score (nSPS) is 18.0. The highest BCUT2D eigenvalue weighted by Crippen LogP contribution is 2.31. The molecule has 1 aromatic carbocycles. The van der Waals surface area contributed by atoms with Gasteiger partial charge in [0.15, 0.2) is 5.13 Å². The topological polar surface area (TPSA) is 81.5 Å². The average Bonchev–Trinajstić information content (AvgIpc) is 3.48. The van der Waals surface area contributed by atoms with Crippen LogP contribution in [0.2, 0.25) is 5.02 Å².